The Balaban J connectivity index is 1.69. The van der Waals surface area contributed by atoms with E-state index in [4.69, 9.17) is 0 Å². The number of nitrogens with one attached hydrogen (secondary N) is 1. The quantitative estimate of drug-likeness (QED) is 0.838. The molecular weight excluding hydrogens is 225 g/mol. The van der Waals surface area contributed by atoms with Crippen LogP contribution in [0.2, 0.25) is 0 Å². The van der Waals surface area contributed by atoms with E-state index in [1.54, 1.807) is 12.1 Å². The molecule has 98 valence electrons. The van der Waals surface area contributed by atoms with Crippen molar-refractivity contribution in [1.29, 1.82) is 0 Å². The number of hydrogen-bond donors (Lipinski definition) is 1. The summed E-state index contributed by atoms with van der Waals surface area (Å²) in [6.45, 7) is 3.21. The van der Waals surface area contributed by atoms with Crippen LogP contribution in [0.5, 0.6) is 0 Å². The summed E-state index contributed by atoms with van der Waals surface area (Å²) in [5.41, 5.74) is 2.84. The van der Waals surface area contributed by atoms with E-state index in [1.165, 1.54) is 43.2 Å². The van der Waals surface area contributed by atoms with Crippen molar-refractivity contribution in [3.8, 4) is 0 Å². The van der Waals surface area contributed by atoms with Crippen LogP contribution in [0.4, 0.5) is 4.39 Å². The minimum absolute atomic E-state index is 0.0970. The van der Waals surface area contributed by atoms with Gasteiger partial charge >= 0.3 is 0 Å². The zero-order chi connectivity index (χ0) is 12.6. The summed E-state index contributed by atoms with van der Waals surface area (Å²) in [6.07, 6.45) is 7.65. The van der Waals surface area contributed by atoms with Crippen molar-refractivity contribution in [2.45, 2.75) is 51.5 Å². The van der Waals surface area contributed by atoms with Gasteiger partial charge in [0.1, 0.15) is 5.82 Å². The van der Waals surface area contributed by atoms with Crippen LogP contribution in [-0.2, 0) is 6.42 Å². The van der Waals surface area contributed by atoms with E-state index in [1.807, 2.05) is 6.07 Å². The number of halogens is 1. The van der Waals surface area contributed by atoms with Gasteiger partial charge in [-0.1, -0.05) is 12.5 Å². The summed E-state index contributed by atoms with van der Waals surface area (Å²) in [5, 5.41) is 3.66. The predicted molar refractivity (Wildman–Crippen MR) is 72.1 cm³/mol. The van der Waals surface area contributed by atoms with Gasteiger partial charge < -0.3 is 5.32 Å². The Morgan fingerprint density at radius 3 is 2.72 bits per heavy atom. The first-order valence-corrected chi connectivity index (χ1v) is 7.15. The number of aryl methyl sites for hydroxylation is 1. The van der Waals surface area contributed by atoms with Crippen LogP contribution in [0.3, 0.4) is 0 Å². The highest BCUT2D eigenvalue weighted by Crippen LogP contribution is 2.44. The summed E-state index contributed by atoms with van der Waals surface area (Å²) >= 11 is 0. The lowest BCUT2D eigenvalue weighted by Crippen LogP contribution is -2.42. The standard InChI is InChI=1S/C16H22FN/c1-12-3-4-14(17)9-13(12)10-16(7-2-8-16)11-18-15-5-6-15/h3-4,9,15,18H,2,5-8,10-11H2,1H3. The Kier molecular flexibility index (Phi) is 3.14. The SMILES string of the molecule is Cc1ccc(F)cc1CC1(CNC2CC2)CCC1. The van der Waals surface area contributed by atoms with Crippen LogP contribution in [-0.4, -0.2) is 12.6 Å². The summed E-state index contributed by atoms with van der Waals surface area (Å²) in [4.78, 5) is 0. The van der Waals surface area contributed by atoms with Gasteiger partial charge in [0.05, 0.1) is 0 Å². The van der Waals surface area contributed by atoms with Gasteiger partial charge in [0.2, 0.25) is 0 Å². The summed E-state index contributed by atoms with van der Waals surface area (Å²) in [7, 11) is 0. The van der Waals surface area contributed by atoms with E-state index in [2.05, 4.69) is 12.2 Å². The Labute approximate surface area is 109 Å². The van der Waals surface area contributed by atoms with Crippen LogP contribution in [0.15, 0.2) is 18.2 Å². The molecule has 2 fully saturated rings. The van der Waals surface area contributed by atoms with Crippen molar-refractivity contribution in [3.05, 3.63) is 35.1 Å². The van der Waals surface area contributed by atoms with Crippen molar-refractivity contribution in [2.24, 2.45) is 5.41 Å². The number of benzene rings is 1. The van der Waals surface area contributed by atoms with E-state index in [9.17, 15) is 4.39 Å². The Hall–Kier alpha value is -0.890. The molecule has 2 aliphatic rings. The van der Waals surface area contributed by atoms with Crippen molar-refractivity contribution < 1.29 is 4.39 Å². The molecule has 0 bridgehead atoms. The van der Waals surface area contributed by atoms with Crippen molar-refractivity contribution >= 4 is 0 Å². The molecule has 3 rings (SSSR count). The van der Waals surface area contributed by atoms with Crippen molar-refractivity contribution in [2.75, 3.05) is 6.54 Å². The monoisotopic (exact) mass is 247 g/mol. The lowest BCUT2D eigenvalue weighted by atomic mass is 9.65. The fourth-order valence-corrected chi connectivity index (χ4v) is 2.98. The highest BCUT2D eigenvalue weighted by Gasteiger charge is 2.38. The molecule has 0 saturated heterocycles. The van der Waals surface area contributed by atoms with Crippen LogP contribution in [0, 0.1) is 18.2 Å². The zero-order valence-corrected chi connectivity index (χ0v) is 11.1. The maximum Gasteiger partial charge on any atom is 0.123 e. The van der Waals surface area contributed by atoms with Crippen LogP contribution < -0.4 is 5.32 Å². The highest BCUT2D eigenvalue weighted by molar-refractivity contribution is 5.28. The maximum absolute atomic E-state index is 13.4. The molecule has 0 atom stereocenters. The molecule has 1 N–H and O–H groups in total. The van der Waals surface area contributed by atoms with Gasteiger partial charge in [-0.2, -0.15) is 0 Å². The molecule has 2 saturated carbocycles. The molecule has 0 amide bonds. The van der Waals surface area contributed by atoms with E-state index in [0.29, 0.717) is 5.41 Å². The number of rotatable bonds is 5. The van der Waals surface area contributed by atoms with E-state index in [0.717, 1.165) is 19.0 Å². The molecule has 0 radical (unpaired) electrons. The summed E-state index contributed by atoms with van der Waals surface area (Å²) in [6, 6.07) is 5.98. The Bertz CT molecular complexity index is 433. The first kappa shape index (κ1) is 12.2. The third kappa shape index (κ3) is 2.59. The maximum atomic E-state index is 13.4. The van der Waals surface area contributed by atoms with Gasteiger partial charge in [0, 0.05) is 12.6 Å². The largest absolute Gasteiger partial charge is 0.313 e. The smallest absolute Gasteiger partial charge is 0.123 e. The lowest BCUT2D eigenvalue weighted by Gasteiger charge is -2.43. The topological polar surface area (TPSA) is 12.0 Å². The molecule has 0 aromatic heterocycles. The molecule has 2 aliphatic carbocycles. The second-order valence-electron chi connectivity index (χ2n) is 6.26. The van der Waals surface area contributed by atoms with Gasteiger partial charge in [-0.3, -0.25) is 0 Å². The van der Waals surface area contributed by atoms with E-state index < -0.39 is 0 Å². The molecule has 0 heterocycles. The van der Waals surface area contributed by atoms with E-state index in [-0.39, 0.29) is 5.82 Å². The Morgan fingerprint density at radius 2 is 2.11 bits per heavy atom. The average Bonchev–Trinajstić information content (AvgIpc) is 3.10. The second kappa shape index (κ2) is 4.65. The molecule has 0 unspecified atom stereocenters. The Morgan fingerprint density at radius 1 is 1.33 bits per heavy atom. The van der Waals surface area contributed by atoms with Gasteiger partial charge in [-0.05, 0) is 67.7 Å². The average molecular weight is 247 g/mol. The molecule has 1 aromatic carbocycles. The molecular formula is C16H22FN. The summed E-state index contributed by atoms with van der Waals surface area (Å²) in [5.74, 6) is -0.0970. The first-order valence-electron chi connectivity index (χ1n) is 7.15. The zero-order valence-electron chi connectivity index (χ0n) is 11.1. The minimum Gasteiger partial charge on any atom is -0.313 e. The molecule has 0 spiro atoms. The van der Waals surface area contributed by atoms with E-state index >= 15 is 0 Å². The normalized spacial score (nSPS) is 21.7. The molecule has 1 nitrogen and oxygen atoms in total. The predicted octanol–water partition coefficient (Wildman–Crippen LogP) is 3.60. The number of hydrogen-bond acceptors (Lipinski definition) is 1. The third-order valence-corrected chi connectivity index (χ3v) is 4.63. The first-order chi connectivity index (χ1) is 8.67. The van der Waals surface area contributed by atoms with Gasteiger partial charge in [-0.25, -0.2) is 4.39 Å². The van der Waals surface area contributed by atoms with Gasteiger partial charge in [-0.15, -0.1) is 0 Å². The van der Waals surface area contributed by atoms with Crippen molar-refractivity contribution in [3.63, 3.8) is 0 Å². The minimum atomic E-state index is -0.0970. The van der Waals surface area contributed by atoms with Gasteiger partial charge in [0.15, 0.2) is 0 Å². The molecule has 0 aliphatic heterocycles. The van der Waals surface area contributed by atoms with Crippen molar-refractivity contribution in [1.82, 2.24) is 5.32 Å². The highest BCUT2D eigenvalue weighted by atomic mass is 19.1. The fourth-order valence-electron chi connectivity index (χ4n) is 2.98. The third-order valence-electron chi connectivity index (χ3n) is 4.63. The van der Waals surface area contributed by atoms with Crippen LogP contribution in [0.25, 0.3) is 0 Å². The molecule has 1 aromatic rings. The summed E-state index contributed by atoms with van der Waals surface area (Å²) < 4.78 is 13.4. The van der Waals surface area contributed by atoms with Gasteiger partial charge in [0.25, 0.3) is 0 Å². The fraction of sp³-hybridized carbons (Fsp3) is 0.625. The molecule has 18 heavy (non-hydrogen) atoms. The van der Waals surface area contributed by atoms with Crippen LogP contribution >= 0.6 is 0 Å². The lowest BCUT2D eigenvalue weighted by molar-refractivity contribution is 0.129. The second-order valence-corrected chi connectivity index (χ2v) is 6.26. The molecule has 2 heteroatoms. The van der Waals surface area contributed by atoms with Crippen LogP contribution in [0.1, 0.15) is 43.2 Å².